The van der Waals surface area contributed by atoms with Crippen LogP contribution >= 0.6 is 11.3 Å². The molecule has 46 heavy (non-hydrogen) atoms. The Morgan fingerprint density at radius 1 is 0.565 bits per heavy atom. The summed E-state index contributed by atoms with van der Waals surface area (Å²) in [5, 5.41) is 6.57. The van der Waals surface area contributed by atoms with Crippen LogP contribution in [0.15, 0.2) is 140 Å². The maximum atomic E-state index is 2.53. The molecule has 3 aromatic heterocycles. The van der Waals surface area contributed by atoms with Gasteiger partial charge < -0.3 is 9.13 Å². The Balaban J connectivity index is 1.38. The molecule has 1 aliphatic rings. The van der Waals surface area contributed by atoms with Crippen molar-refractivity contribution in [2.24, 2.45) is 5.92 Å². The molecule has 218 valence electrons. The van der Waals surface area contributed by atoms with Crippen LogP contribution in [0.5, 0.6) is 0 Å². The molecule has 0 aliphatic heterocycles. The minimum atomic E-state index is 0.413. The zero-order chi connectivity index (χ0) is 30.4. The molecule has 0 fully saturated rings. The lowest BCUT2D eigenvalue weighted by atomic mass is 9.83. The summed E-state index contributed by atoms with van der Waals surface area (Å²) >= 11 is 1.91. The highest BCUT2D eigenvalue weighted by atomic mass is 32.1. The van der Waals surface area contributed by atoms with Gasteiger partial charge in [-0.2, -0.15) is 0 Å². The highest BCUT2D eigenvalue weighted by Crippen LogP contribution is 2.46. The van der Waals surface area contributed by atoms with Crippen LogP contribution in [0.2, 0.25) is 0 Å². The fraction of sp³-hybridized carbons (Fsp3) is 0.0698. The molecular weight excluding hydrogens is 577 g/mol. The maximum absolute atomic E-state index is 2.53. The Morgan fingerprint density at radius 3 is 1.96 bits per heavy atom. The van der Waals surface area contributed by atoms with Crippen molar-refractivity contribution < 1.29 is 0 Å². The summed E-state index contributed by atoms with van der Waals surface area (Å²) in [5.41, 5.74) is 11.7. The summed E-state index contributed by atoms with van der Waals surface area (Å²) in [7, 11) is 0. The van der Waals surface area contributed by atoms with Gasteiger partial charge in [-0.05, 0) is 72.0 Å². The molecule has 1 atom stereocenters. The monoisotopic (exact) mass is 606 g/mol. The number of aromatic nitrogens is 2. The number of benzene rings is 6. The van der Waals surface area contributed by atoms with E-state index < -0.39 is 0 Å². The first-order valence-corrected chi connectivity index (χ1v) is 16.9. The Labute approximate surface area is 271 Å². The van der Waals surface area contributed by atoms with Gasteiger partial charge >= 0.3 is 0 Å². The molecule has 0 saturated carbocycles. The van der Waals surface area contributed by atoms with E-state index in [0.717, 1.165) is 6.42 Å². The molecule has 0 bridgehead atoms. The smallest absolute Gasteiger partial charge is 0.0719 e. The van der Waals surface area contributed by atoms with Crippen LogP contribution in [0, 0.1) is 5.92 Å². The molecule has 10 rings (SSSR count). The number of rotatable bonds is 3. The molecule has 3 heterocycles. The zero-order valence-electron chi connectivity index (χ0n) is 25.4. The fourth-order valence-corrected chi connectivity index (χ4v) is 9.15. The molecule has 0 spiro atoms. The largest absolute Gasteiger partial charge is 0.313 e. The van der Waals surface area contributed by atoms with Gasteiger partial charge in [0.05, 0.1) is 21.3 Å². The van der Waals surface area contributed by atoms with Crippen molar-refractivity contribution in [1.29, 1.82) is 0 Å². The first-order valence-electron chi connectivity index (χ1n) is 16.1. The number of hydrogen-bond donors (Lipinski definition) is 0. The van der Waals surface area contributed by atoms with Gasteiger partial charge in [0, 0.05) is 54.3 Å². The first-order chi connectivity index (χ1) is 22.7. The zero-order valence-corrected chi connectivity index (χ0v) is 26.3. The van der Waals surface area contributed by atoms with E-state index >= 15 is 0 Å². The van der Waals surface area contributed by atoms with Gasteiger partial charge in [0.2, 0.25) is 0 Å². The highest BCUT2D eigenvalue weighted by molar-refractivity contribution is 7.26. The Bertz CT molecular complexity index is 2650. The van der Waals surface area contributed by atoms with Gasteiger partial charge in [0.25, 0.3) is 0 Å². The third-order valence-corrected chi connectivity index (χ3v) is 11.2. The van der Waals surface area contributed by atoms with Crippen molar-refractivity contribution in [2.45, 2.75) is 13.3 Å². The third kappa shape index (κ3) is 3.64. The standard InChI is InChI=1S/C43H30N2S/c1-27-23-38-36(24-34(27)28-13-5-2-6-14-28)37-25-35-32-21-22-33-31-19-11-12-20-41(31)46-43(33)42(32)45(30-17-9-4-10-18-30)40(35)26-39(37)44(38)29-15-7-3-8-16-29/h2-22,24-27H,23H2,1H3. The molecule has 1 unspecified atom stereocenters. The van der Waals surface area contributed by atoms with E-state index in [1.165, 1.54) is 86.6 Å². The van der Waals surface area contributed by atoms with Crippen LogP contribution in [0.25, 0.3) is 75.9 Å². The van der Waals surface area contributed by atoms with E-state index in [0.29, 0.717) is 5.92 Å². The predicted octanol–water partition coefficient (Wildman–Crippen LogP) is 11.8. The molecule has 1 aliphatic carbocycles. The SMILES string of the molecule is CC1Cc2c(c3cc4c5ccc6c7ccccc7sc6c5n(-c5ccccc5)c4cc3n2-c2ccccc2)C=C1c1ccccc1. The van der Waals surface area contributed by atoms with Gasteiger partial charge in [-0.15, -0.1) is 11.3 Å². The summed E-state index contributed by atoms with van der Waals surface area (Å²) in [6.45, 7) is 2.37. The summed E-state index contributed by atoms with van der Waals surface area (Å²) in [4.78, 5) is 0. The van der Waals surface area contributed by atoms with Crippen LogP contribution in [0.1, 0.15) is 23.7 Å². The van der Waals surface area contributed by atoms with Crippen molar-refractivity contribution in [3.05, 3.63) is 156 Å². The number of nitrogens with zero attached hydrogens (tertiary/aromatic N) is 2. The normalized spacial score (nSPS) is 14.9. The lowest BCUT2D eigenvalue weighted by molar-refractivity contribution is 0.708. The molecule has 0 radical (unpaired) electrons. The average Bonchev–Trinajstić information content (AvgIpc) is 3.75. The Hall–Kier alpha value is -5.38. The van der Waals surface area contributed by atoms with Gasteiger partial charge in [0.15, 0.2) is 0 Å². The van der Waals surface area contributed by atoms with Gasteiger partial charge in [0.1, 0.15) is 0 Å². The Morgan fingerprint density at radius 2 is 1.20 bits per heavy atom. The van der Waals surface area contributed by atoms with Crippen LogP contribution in [0.4, 0.5) is 0 Å². The second-order valence-corrected chi connectivity index (χ2v) is 13.6. The van der Waals surface area contributed by atoms with Gasteiger partial charge in [-0.25, -0.2) is 0 Å². The van der Waals surface area contributed by atoms with Crippen molar-refractivity contribution in [1.82, 2.24) is 9.13 Å². The third-order valence-electron chi connectivity index (χ3n) is 9.97. The molecular formula is C43H30N2S. The number of allylic oxidation sites excluding steroid dienone is 1. The van der Waals surface area contributed by atoms with Crippen LogP contribution in [-0.2, 0) is 6.42 Å². The molecule has 9 aromatic rings. The van der Waals surface area contributed by atoms with E-state index in [2.05, 4.69) is 162 Å². The number of hydrogen-bond acceptors (Lipinski definition) is 1. The predicted molar refractivity (Wildman–Crippen MR) is 198 cm³/mol. The number of para-hydroxylation sites is 2. The van der Waals surface area contributed by atoms with Crippen molar-refractivity contribution in [3.8, 4) is 11.4 Å². The maximum Gasteiger partial charge on any atom is 0.0719 e. The summed E-state index contributed by atoms with van der Waals surface area (Å²) in [5.74, 6) is 0.413. The first kappa shape index (κ1) is 25.9. The molecule has 6 aromatic carbocycles. The topological polar surface area (TPSA) is 9.86 Å². The van der Waals surface area contributed by atoms with Crippen molar-refractivity contribution in [2.75, 3.05) is 0 Å². The quantitative estimate of drug-likeness (QED) is 0.189. The minimum absolute atomic E-state index is 0.413. The molecule has 2 nitrogen and oxygen atoms in total. The highest BCUT2D eigenvalue weighted by Gasteiger charge is 2.27. The lowest BCUT2D eigenvalue weighted by Gasteiger charge is -2.23. The molecule has 0 saturated heterocycles. The van der Waals surface area contributed by atoms with Gasteiger partial charge in [-0.3, -0.25) is 0 Å². The van der Waals surface area contributed by atoms with Crippen molar-refractivity contribution >= 4 is 75.9 Å². The van der Waals surface area contributed by atoms with E-state index in [-0.39, 0.29) is 0 Å². The molecule has 0 N–H and O–H groups in total. The van der Waals surface area contributed by atoms with E-state index in [1.54, 1.807) is 0 Å². The second kappa shape index (κ2) is 9.81. The molecule has 3 heteroatoms. The van der Waals surface area contributed by atoms with Crippen LogP contribution in [0.3, 0.4) is 0 Å². The molecule has 0 amide bonds. The van der Waals surface area contributed by atoms with E-state index in [9.17, 15) is 0 Å². The number of fused-ring (bicyclic) bond motifs is 10. The number of thiophene rings is 1. The fourth-order valence-electron chi connectivity index (χ4n) is 7.91. The summed E-state index contributed by atoms with van der Waals surface area (Å²) in [6.07, 6.45) is 3.47. The second-order valence-electron chi connectivity index (χ2n) is 12.6. The lowest BCUT2D eigenvalue weighted by Crippen LogP contribution is -2.12. The van der Waals surface area contributed by atoms with Crippen molar-refractivity contribution in [3.63, 3.8) is 0 Å². The van der Waals surface area contributed by atoms with Crippen LogP contribution in [-0.4, -0.2) is 9.13 Å². The van der Waals surface area contributed by atoms with Gasteiger partial charge in [-0.1, -0.05) is 104 Å². The van der Waals surface area contributed by atoms with Crippen LogP contribution < -0.4 is 0 Å². The van der Waals surface area contributed by atoms with E-state index in [1.807, 2.05) is 11.3 Å². The Kier molecular flexibility index (Phi) is 5.52. The average molecular weight is 607 g/mol. The summed E-state index contributed by atoms with van der Waals surface area (Å²) in [6, 6.07) is 51.2. The summed E-state index contributed by atoms with van der Waals surface area (Å²) < 4.78 is 7.71. The minimum Gasteiger partial charge on any atom is -0.313 e. The van der Waals surface area contributed by atoms with E-state index in [4.69, 9.17) is 0 Å².